The first-order valence-corrected chi connectivity index (χ1v) is 7.37. The Morgan fingerprint density at radius 3 is 2.83 bits per heavy atom. The molecule has 1 heterocycles. The fourth-order valence-electron chi connectivity index (χ4n) is 2.36. The van der Waals surface area contributed by atoms with Crippen LogP contribution in [0.2, 0.25) is 0 Å². The standard InChI is InChI=1S/C14H31N3O/c1-13(12-14-6-4-5-7-16-14)15-8-10-18-11-9-17(2)3/h13-16H,4-12H2,1-3H3. The average molecular weight is 257 g/mol. The highest BCUT2D eigenvalue weighted by Crippen LogP contribution is 2.11. The summed E-state index contributed by atoms with van der Waals surface area (Å²) in [5, 5.41) is 7.14. The molecule has 1 aliphatic heterocycles. The van der Waals surface area contributed by atoms with E-state index in [0.29, 0.717) is 6.04 Å². The summed E-state index contributed by atoms with van der Waals surface area (Å²) in [6, 6.07) is 1.30. The Morgan fingerprint density at radius 1 is 1.33 bits per heavy atom. The van der Waals surface area contributed by atoms with Crippen molar-refractivity contribution < 1.29 is 4.74 Å². The van der Waals surface area contributed by atoms with E-state index < -0.39 is 0 Å². The predicted octanol–water partition coefficient (Wildman–Crippen LogP) is 1.07. The summed E-state index contributed by atoms with van der Waals surface area (Å²) in [7, 11) is 4.14. The molecule has 0 aromatic carbocycles. The van der Waals surface area contributed by atoms with E-state index in [2.05, 4.69) is 36.6 Å². The van der Waals surface area contributed by atoms with Crippen molar-refractivity contribution in [3.63, 3.8) is 0 Å². The molecular formula is C14H31N3O. The molecule has 1 fully saturated rings. The van der Waals surface area contributed by atoms with E-state index in [0.717, 1.165) is 32.3 Å². The monoisotopic (exact) mass is 257 g/mol. The molecule has 0 aromatic heterocycles. The van der Waals surface area contributed by atoms with Crippen molar-refractivity contribution >= 4 is 0 Å². The number of hydrogen-bond donors (Lipinski definition) is 2. The van der Waals surface area contributed by atoms with E-state index in [9.17, 15) is 0 Å². The van der Waals surface area contributed by atoms with Crippen LogP contribution in [-0.2, 0) is 4.74 Å². The van der Waals surface area contributed by atoms with Gasteiger partial charge in [-0.05, 0) is 46.8 Å². The van der Waals surface area contributed by atoms with Crippen LogP contribution in [0.25, 0.3) is 0 Å². The molecule has 0 amide bonds. The van der Waals surface area contributed by atoms with Crippen molar-refractivity contribution in [3.05, 3.63) is 0 Å². The summed E-state index contributed by atoms with van der Waals surface area (Å²) in [4.78, 5) is 2.14. The molecule has 2 unspecified atom stereocenters. The predicted molar refractivity (Wildman–Crippen MR) is 77.1 cm³/mol. The number of rotatable bonds is 9. The van der Waals surface area contributed by atoms with Gasteiger partial charge in [0.1, 0.15) is 0 Å². The Labute approximate surface area is 112 Å². The SMILES string of the molecule is CC(CC1CCCCN1)NCCOCCN(C)C. The minimum Gasteiger partial charge on any atom is -0.379 e. The molecule has 1 saturated heterocycles. The second-order valence-electron chi connectivity index (χ2n) is 5.65. The van der Waals surface area contributed by atoms with Crippen molar-refractivity contribution in [1.82, 2.24) is 15.5 Å². The first kappa shape index (κ1) is 15.9. The summed E-state index contributed by atoms with van der Waals surface area (Å²) >= 11 is 0. The normalized spacial score (nSPS) is 22.3. The van der Waals surface area contributed by atoms with Crippen molar-refractivity contribution in [1.29, 1.82) is 0 Å². The average Bonchev–Trinajstić information content (AvgIpc) is 2.34. The fraction of sp³-hybridized carbons (Fsp3) is 1.00. The molecule has 0 aliphatic carbocycles. The third-order valence-electron chi connectivity index (χ3n) is 3.47. The minimum atomic E-state index is 0.582. The van der Waals surface area contributed by atoms with Gasteiger partial charge in [-0.1, -0.05) is 6.42 Å². The van der Waals surface area contributed by atoms with E-state index >= 15 is 0 Å². The molecule has 0 bridgehead atoms. The fourth-order valence-corrected chi connectivity index (χ4v) is 2.36. The van der Waals surface area contributed by atoms with Crippen LogP contribution >= 0.6 is 0 Å². The number of likely N-dealkylation sites (N-methyl/N-ethyl adjacent to an activating group) is 1. The minimum absolute atomic E-state index is 0.582. The van der Waals surface area contributed by atoms with E-state index in [1.165, 1.54) is 32.2 Å². The van der Waals surface area contributed by atoms with Gasteiger partial charge in [-0.25, -0.2) is 0 Å². The summed E-state index contributed by atoms with van der Waals surface area (Å²) < 4.78 is 5.57. The lowest BCUT2D eigenvalue weighted by Gasteiger charge is -2.26. The highest BCUT2D eigenvalue weighted by atomic mass is 16.5. The molecule has 0 spiro atoms. The van der Waals surface area contributed by atoms with Gasteiger partial charge in [-0.15, -0.1) is 0 Å². The molecule has 1 rings (SSSR count). The lowest BCUT2D eigenvalue weighted by atomic mass is 9.99. The van der Waals surface area contributed by atoms with Crippen molar-refractivity contribution in [3.8, 4) is 0 Å². The van der Waals surface area contributed by atoms with E-state index in [4.69, 9.17) is 4.74 Å². The van der Waals surface area contributed by atoms with Gasteiger partial charge in [-0.2, -0.15) is 0 Å². The second-order valence-corrected chi connectivity index (χ2v) is 5.65. The van der Waals surface area contributed by atoms with Gasteiger partial charge in [0.05, 0.1) is 13.2 Å². The highest BCUT2D eigenvalue weighted by Gasteiger charge is 2.15. The number of nitrogens with one attached hydrogen (secondary N) is 2. The summed E-state index contributed by atoms with van der Waals surface area (Å²) in [6.07, 6.45) is 5.30. The third-order valence-corrected chi connectivity index (χ3v) is 3.47. The van der Waals surface area contributed by atoms with Crippen LogP contribution in [0.4, 0.5) is 0 Å². The molecule has 108 valence electrons. The molecule has 18 heavy (non-hydrogen) atoms. The first-order valence-electron chi connectivity index (χ1n) is 7.37. The van der Waals surface area contributed by atoms with Crippen LogP contribution in [-0.4, -0.2) is 63.9 Å². The van der Waals surface area contributed by atoms with Gasteiger partial charge in [0, 0.05) is 25.2 Å². The molecular weight excluding hydrogens is 226 g/mol. The van der Waals surface area contributed by atoms with Crippen molar-refractivity contribution in [2.45, 2.75) is 44.7 Å². The van der Waals surface area contributed by atoms with Crippen LogP contribution in [0.1, 0.15) is 32.6 Å². The number of ether oxygens (including phenoxy) is 1. The molecule has 0 saturated carbocycles. The maximum Gasteiger partial charge on any atom is 0.0593 e. The van der Waals surface area contributed by atoms with Crippen LogP contribution in [0, 0.1) is 0 Å². The van der Waals surface area contributed by atoms with Crippen LogP contribution in [0.5, 0.6) is 0 Å². The lowest BCUT2D eigenvalue weighted by Crippen LogP contribution is -2.40. The smallest absolute Gasteiger partial charge is 0.0593 e. The quantitative estimate of drug-likeness (QED) is 0.606. The molecule has 4 heteroatoms. The van der Waals surface area contributed by atoms with E-state index in [1.54, 1.807) is 0 Å². The van der Waals surface area contributed by atoms with Gasteiger partial charge in [0.15, 0.2) is 0 Å². The Hall–Kier alpha value is -0.160. The van der Waals surface area contributed by atoms with Crippen LogP contribution in [0.3, 0.4) is 0 Å². The van der Waals surface area contributed by atoms with Gasteiger partial charge in [0.25, 0.3) is 0 Å². The Balaban J connectivity index is 1.91. The van der Waals surface area contributed by atoms with Crippen molar-refractivity contribution in [2.24, 2.45) is 0 Å². The Morgan fingerprint density at radius 2 is 2.17 bits per heavy atom. The molecule has 2 atom stereocenters. The second kappa shape index (κ2) is 9.73. The molecule has 0 aromatic rings. The Bertz CT molecular complexity index is 193. The topological polar surface area (TPSA) is 36.5 Å². The zero-order chi connectivity index (χ0) is 13.2. The summed E-state index contributed by atoms with van der Waals surface area (Å²) in [6.45, 7) is 7.08. The maximum absolute atomic E-state index is 5.57. The maximum atomic E-state index is 5.57. The molecule has 2 N–H and O–H groups in total. The first-order chi connectivity index (χ1) is 8.68. The van der Waals surface area contributed by atoms with Gasteiger partial charge in [0.2, 0.25) is 0 Å². The van der Waals surface area contributed by atoms with Crippen LogP contribution in [0.15, 0.2) is 0 Å². The number of nitrogens with zero attached hydrogens (tertiary/aromatic N) is 1. The molecule has 0 radical (unpaired) electrons. The Kier molecular flexibility index (Phi) is 8.59. The van der Waals surface area contributed by atoms with Gasteiger partial charge in [-0.3, -0.25) is 0 Å². The number of piperidine rings is 1. The summed E-state index contributed by atoms with van der Waals surface area (Å²) in [5.41, 5.74) is 0. The lowest BCUT2D eigenvalue weighted by molar-refractivity contribution is 0.117. The highest BCUT2D eigenvalue weighted by molar-refractivity contribution is 4.76. The zero-order valence-corrected chi connectivity index (χ0v) is 12.4. The largest absolute Gasteiger partial charge is 0.379 e. The van der Waals surface area contributed by atoms with E-state index in [1.807, 2.05) is 0 Å². The molecule has 4 nitrogen and oxygen atoms in total. The molecule has 1 aliphatic rings. The van der Waals surface area contributed by atoms with Crippen molar-refractivity contribution in [2.75, 3.05) is 46.9 Å². The van der Waals surface area contributed by atoms with Gasteiger partial charge < -0.3 is 20.3 Å². The van der Waals surface area contributed by atoms with Crippen LogP contribution < -0.4 is 10.6 Å². The van der Waals surface area contributed by atoms with E-state index in [-0.39, 0.29) is 0 Å². The third kappa shape index (κ3) is 8.03. The summed E-state index contributed by atoms with van der Waals surface area (Å²) in [5.74, 6) is 0. The zero-order valence-electron chi connectivity index (χ0n) is 12.4. The van der Waals surface area contributed by atoms with Gasteiger partial charge >= 0.3 is 0 Å². The number of hydrogen-bond acceptors (Lipinski definition) is 4.